The average molecular weight is 425 g/mol. The van der Waals surface area contributed by atoms with Gasteiger partial charge in [0.2, 0.25) is 5.91 Å². The first-order chi connectivity index (χ1) is 15.5. The van der Waals surface area contributed by atoms with Gasteiger partial charge in [-0.1, -0.05) is 79.7 Å². The highest BCUT2D eigenvalue weighted by molar-refractivity contribution is 6.02. The molecule has 4 rings (SSSR count). The lowest BCUT2D eigenvalue weighted by Gasteiger charge is -2.28. The molecule has 0 fully saturated rings. The van der Waals surface area contributed by atoms with Gasteiger partial charge in [0.15, 0.2) is 0 Å². The fourth-order valence-electron chi connectivity index (χ4n) is 3.80. The number of para-hydroxylation sites is 1. The van der Waals surface area contributed by atoms with Gasteiger partial charge in [0, 0.05) is 11.6 Å². The Morgan fingerprint density at radius 3 is 2.50 bits per heavy atom. The molecule has 0 aliphatic rings. The highest BCUT2D eigenvalue weighted by Crippen LogP contribution is 2.31. The number of halogens is 1. The smallest absolute Gasteiger partial charge is 0.231 e. The quantitative estimate of drug-likeness (QED) is 0.360. The Bertz CT molecular complexity index is 1230. The van der Waals surface area contributed by atoms with Crippen molar-refractivity contribution >= 4 is 28.6 Å². The second kappa shape index (κ2) is 9.56. The van der Waals surface area contributed by atoms with E-state index >= 15 is 0 Å². The second-order valence-electron chi connectivity index (χ2n) is 8.22. The van der Waals surface area contributed by atoms with Gasteiger partial charge in [-0.15, -0.1) is 0 Å². The Labute approximate surface area is 187 Å². The summed E-state index contributed by atoms with van der Waals surface area (Å²) in [7, 11) is 0. The van der Waals surface area contributed by atoms with Crippen molar-refractivity contribution in [3.63, 3.8) is 0 Å². The van der Waals surface area contributed by atoms with Crippen molar-refractivity contribution in [3.8, 4) is 0 Å². The molecule has 0 spiro atoms. The summed E-state index contributed by atoms with van der Waals surface area (Å²) >= 11 is 0. The number of nitrogens with zero attached hydrogens (tertiary/aromatic N) is 1. The Kier molecular flexibility index (Phi) is 6.41. The fraction of sp³-hybridized carbons (Fsp3) is 0.143. The molecular weight excluding hydrogens is 399 g/mol. The molecule has 32 heavy (non-hydrogen) atoms. The van der Waals surface area contributed by atoms with E-state index in [2.05, 4.69) is 10.3 Å². The van der Waals surface area contributed by atoms with Gasteiger partial charge in [-0.25, -0.2) is 4.39 Å². The third-order valence-electron chi connectivity index (χ3n) is 5.61. The molecular formula is C28H25FN2O. The Balaban J connectivity index is 1.61. The van der Waals surface area contributed by atoms with Crippen LogP contribution in [0.2, 0.25) is 0 Å². The van der Waals surface area contributed by atoms with E-state index in [0.717, 1.165) is 22.0 Å². The number of allylic oxidation sites excluding steroid dienone is 1. The fourth-order valence-corrected chi connectivity index (χ4v) is 3.80. The third-order valence-corrected chi connectivity index (χ3v) is 5.61. The van der Waals surface area contributed by atoms with E-state index in [1.165, 1.54) is 12.1 Å². The molecule has 4 aromatic rings. The van der Waals surface area contributed by atoms with Gasteiger partial charge < -0.3 is 5.32 Å². The van der Waals surface area contributed by atoms with Crippen molar-refractivity contribution < 1.29 is 9.18 Å². The number of nitrogens with one attached hydrogen (secondary N) is 1. The van der Waals surface area contributed by atoms with Crippen molar-refractivity contribution in [2.45, 2.75) is 19.8 Å². The van der Waals surface area contributed by atoms with Crippen LogP contribution in [-0.2, 0) is 11.2 Å². The van der Waals surface area contributed by atoms with E-state index in [1.807, 2.05) is 79.7 Å². The first kappa shape index (κ1) is 21.4. The first-order valence-electron chi connectivity index (χ1n) is 10.6. The Hall–Kier alpha value is -3.79. The predicted molar refractivity (Wildman–Crippen MR) is 129 cm³/mol. The lowest BCUT2D eigenvalue weighted by atomic mass is 9.79. The molecule has 0 bridgehead atoms. The van der Waals surface area contributed by atoms with Crippen LogP contribution >= 0.6 is 0 Å². The molecule has 1 N–H and O–H groups in total. The number of carbonyl (C=O) groups is 1. The van der Waals surface area contributed by atoms with Crippen molar-refractivity contribution in [1.82, 2.24) is 4.98 Å². The van der Waals surface area contributed by atoms with Crippen LogP contribution in [0.4, 0.5) is 10.1 Å². The highest BCUT2D eigenvalue weighted by Gasteiger charge is 2.33. The monoisotopic (exact) mass is 424 g/mol. The number of aromatic nitrogens is 1. The van der Waals surface area contributed by atoms with E-state index in [9.17, 15) is 9.18 Å². The van der Waals surface area contributed by atoms with Gasteiger partial charge in [0.1, 0.15) is 5.82 Å². The maximum atomic E-state index is 13.5. The van der Waals surface area contributed by atoms with E-state index in [1.54, 1.807) is 18.3 Å². The number of anilines is 1. The molecule has 4 heteroatoms. The zero-order valence-corrected chi connectivity index (χ0v) is 18.0. The van der Waals surface area contributed by atoms with Crippen molar-refractivity contribution in [3.05, 3.63) is 114 Å². The van der Waals surface area contributed by atoms with E-state index in [-0.39, 0.29) is 11.7 Å². The van der Waals surface area contributed by atoms with Crippen LogP contribution in [0.15, 0.2) is 97.2 Å². The largest absolute Gasteiger partial charge is 0.324 e. The number of amides is 1. The number of fused-ring (bicyclic) bond motifs is 1. The van der Waals surface area contributed by atoms with E-state index < -0.39 is 5.41 Å². The highest BCUT2D eigenvalue weighted by atomic mass is 19.1. The van der Waals surface area contributed by atoms with Crippen LogP contribution in [0.25, 0.3) is 17.0 Å². The topological polar surface area (TPSA) is 42.0 Å². The van der Waals surface area contributed by atoms with E-state index in [0.29, 0.717) is 18.5 Å². The van der Waals surface area contributed by atoms with Crippen molar-refractivity contribution in [2.75, 3.05) is 5.32 Å². The first-order valence-corrected chi connectivity index (χ1v) is 10.6. The summed E-state index contributed by atoms with van der Waals surface area (Å²) in [6.45, 7) is 1.94. The van der Waals surface area contributed by atoms with Gasteiger partial charge in [0.25, 0.3) is 0 Å². The summed E-state index contributed by atoms with van der Waals surface area (Å²) in [6, 6.07) is 25.9. The van der Waals surface area contributed by atoms with Crippen LogP contribution in [0.5, 0.6) is 0 Å². The molecule has 1 unspecified atom stereocenters. The van der Waals surface area contributed by atoms with Crippen LogP contribution in [0.1, 0.15) is 24.5 Å². The minimum absolute atomic E-state index is 0.0994. The normalized spacial score (nSPS) is 13.2. The molecule has 1 heterocycles. The Morgan fingerprint density at radius 2 is 1.72 bits per heavy atom. The predicted octanol–water partition coefficient (Wildman–Crippen LogP) is 6.66. The molecule has 1 aromatic heterocycles. The lowest BCUT2D eigenvalue weighted by Crippen LogP contribution is -2.35. The number of pyridine rings is 1. The van der Waals surface area contributed by atoms with Crippen molar-refractivity contribution in [2.24, 2.45) is 5.41 Å². The summed E-state index contributed by atoms with van der Waals surface area (Å²) in [5.41, 5.74) is 2.70. The van der Waals surface area contributed by atoms with Crippen LogP contribution in [-0.4, -0.2) is 10.9 Å². The standard InChI is InChI=1S/C28H25FN2O/c1-28(20-22-14-16-24(29)17-15-22,18-6-10-21-8-3-2-4-9-21)27(32)31-25-13-5-11-23-12-7-19-30-26(23)25/h2-17,19H,18,20H2,1H3,(H,31,32)/b10-6+. The maximum absolute atomic E-state index is 13.5. The molecule has 0 aliphatic carbocycles. The average Bonchev–Trinajstić information content (AvgIpc) is 2.81. The zero-order chi connectivity index (χ0) is 22.4. The lowest BCUT2D eigenvalue weighted by molar-refractivity contribution is -0.124. The number of rotatable bonds is 7. The number of benzene rings is 3. The maximum Gasteiger partial charge on any atom is 0.231 e. The summed E-state index contributed by atoms with van der Waals surface area (Å²) in [5, 5.41) is 4.06. The summed E-state index contributed by atoms with van der Waals surface area (Å²) in [5.74, 6) is -0.386. The summed E-state index contributed by atoms with van der Waals surface area (Å²) in [6.07, 6.45) is 6.79. The van der Waals surface area contributed by atoms with Gasteiger partial charge in [-0.05, 0) is 48.2 Å². The van der Waals surface area contributed by atoms with Crippen molar-refractivity contribution in [1.29, 1.82) is 0 Å². The zero-order valence-electron chi connectivity index (χ0n) is 18.0. The third kappa shape index (κ3) is 5.09. The van der Waals surface area contributed by atoms with Gasteiger partial charge in [-0.3, -0.25) is 9.78 Å². The Morgan fingerprint density at radius 1 is 0.969 bits per heavy atom. The second-order valence-corrected chi connectivity index (χ2v) is 8.22. The van der Waals surface area contributed by atoms with Gasteiger partial charge >= 0.3 is 0 Å². The molecule has 3 aromatic carbocycles. The summed E-state index contributed by atoms with van der Waals surface area (Å²) in [4.78, 5) is 18.0. The van der Waals surface area contributed by atoms with Crippen LogP contribution in [0.3, 0.4) is 0 Å². The minimum atomic E-state index is -0.736. The molecule has 3 nitrogen and oxygen atoms in total. The number of hydrogen-bond donors (Lipinski definition) is 1. The number of hydrogen-bond acceptors (Lipinski definition) is 2. The minimum Gasteiger partial charge on any atom is -0.324 e. The van der Waals surface area contributed by atoms with E-state index in [4.69, 9.17) is 0 Å². The molecule has 160 valence electrons. The van der Waals surface area contributed by atoms with Gasteiger partial charge in [0.05, 0.1) is 16.6 Å². The molecule has 0 aliphatic heterocycles. The van der Waals surface area contributed by atoms with Gasteiger partial charge in [-0.2, -0.15) is 0 Å². The SMILES string of the molecule is CC(C/C=C/c1ccccc1)(Cc1ccc(F)cc1)C(=O)Nc1cccc2cccnc12. The molecule has 1 atom stereocenters. The van der Waals surface area contributed by atoms with Crippen LogP contribution in [0, 0.1) is 11.2 Å². The summed E-state index contributed by atoms with van der Waals surface area (Å²) < 4.78 is 13.4. The molecule has 0 saturated heterocycles. The number of carbonyl (C=O) groups excluding carboxylic acids is 1. The van der Waals surface area contributed by atoms with Crippen LogP contribution < -0.4 is 5.32 Å². The molecule has 0 saturated carbocycles. The molecule has 1 amide bonds. The molecule has 0 radical (unpaired) electrons.